The summed E-state index contributed by atoms with van der Waals surface area (Å²) < 4.78 is 0. The minimum Gasteiger partial charge on any atom is -0.325 e. The Balaban J connectivity index is 1.69. The predicted octanol–water partition coefficient (Wildman–Crippen LogP) is 4.22. The number of hydrogen-bond donors (Lipinski definition) is 4. The number of rotatable bonds is 5. The van der Waals surface area contributed by atoms with Gasteiger partial charge in [0.05, 0.1) is 10.7 Å². The van der Waals surface area contributed by atoms with Gasteiger partial charge in [-0.15, -0.1) is 0 Å². The minimum atomic E-state index is -0.636. The Morgan fingerprint density at radius 1 is 0.741 bits per heavy atom. The zero-order chi connectivity index (χ0) is 19.8. The smallest absolute Gasteiger partial charge is 0.325 e. The molecule has 0 spiro atoms. The average Bonchev–Trinajstić information content (AvgIpc) is 2.62. The van der Waals surface area contributed by atoms with E-state index < -0.39 is 17.8 Å². The quantitative estimate of drug-likeness (QED) is 0.535. The highest BCUT2D eigenvalue weighted by atomic mass is 35.5. The van der Waals surface area contributed by atoms with E-state index in [-0.39, 0.29) is 12.8 Å². The number of hydrogen-bond acceptors (Lipinski definition) is 3. The molecule has 2 aromatic carbocycles. The number of carbonyl (C=O) groups excluding carboxylic acids is 3. The van der Waals surface area contributed by atoms with Crippen LogP contribution in [0.25, 0.3) is 0 Å². The largest absolute Gasteiger partial charge is 0.337 e. The standard InChI is InChI=1S/C17H15Cl3N4O3/c18-10-1-4-12(5-2-10)21-17(27)24-23-16(26)8-7-15(25)22-14-6-3-11(19)9-13(14)20/h1-6,9H,7-8H2,(H,22,25)(H,23,26)(H2,21,24,27). The molecule has 0 saturated carbocycles. The van der Waals surface area contributed by atoms with E-state index in [0.29, 0.717) is 26.4 Å². The second-order valence-corrected chi connectivity index (χ2v) is 6.59. The van der Waals surface area contributed by atoms with Crippen LogP contribution in [0.2, 0.25) is 15.1 Å². The fourth-order valence-electron chi connectivity index (χ4n) is 1.92. The first-order chi connectivity index (χ1) is 12.8. The molecular formula is C17H15Cl3N4O3. The lowest BCUT2D eigenvalue weighted by atomic mass is 10.2. The summed E-state index contributed by atoms with van der Waals surface area (Å²) in [5.74, 6) is -0.932. The van der Waals surface area contributed by atoms with Gasteiger partial charge in [0.2, 0.25) is 11.8 Å². The number of carbonyl (C=O) groups is 3. The van der Waals surface area contributed by atoms with E-state index in [1.54, 1.807) is 36.4 Å². The van der Waals surface area contributed by atoms with Crippen LogP contribution in [0.15, 0.2) is 42.5 Å². The molecule has 2 rings (SSSR count). The predicted molar refractivity (Wildman–Crippen MR) is 106 cm³/mol. The molecule has 0 fully saturated rings. The molecule has 0 unspecified atom stereocenters. The summed E-state index contributed by atoms with van der Waals surface area (Å²) in [7, 11) is 0. The van der Waals surface area contributed by atoms with E-state index in [1.807, 2.05) is 0 Å². The monoisotopic (exact) mass is 428 g/mol. The van der Waals surface area contributed by atoms with Crippen LogP contribution in [0.1, 0.15) is 12.8 Å². The third-order valence-corrected chi connectivity index (χ3v) is 4.00. The number of hydrazine groups is 1. The maximum absolute atomic E-state index is 11.9. The first-order valence-electron chi connectivity index (χ1n) is 7.70. The third-order valence-electron chi connectivity index (χ3n) is 3.20. The summed E-state index contributed by atoms with van der Waals surface area (Å²) in [5, 5.41) is 6.35. The molecule has 27 heavy (non-hydrogen) atoms. The van der Waals surface area contributed by atoms with Gasteiger partial charge in [-0.05, 0) is 42.5 Å². The maximum atomic E-state index is 11.9. The van der Waals surface area contributed by atoms with Crippen LogP contribution in [-0.2, 0) is 9.59 Å². The lowest BCUT2D eigenvalue weighted by Gasteiger charge is -2.10. The van der Waals surface area contributed by atoms with Crippen molar-refractivity contribution in [1.82, 2.24) is 10.9 Å². The van der Waals surface area contributed by atoms with Crippen LogP contribution in [0.5, 0.6) is 0 Å². The Morgan fingerprint density at radius 2 is 1.37 bits per heavy atom. The lowest BCUT2D eigenvalue weighted by molar-refractivity contribution is -0.124. The van der Waals surface area contributed by atoms with E-state index >= 15 is 0 Å². The molecule has 142 valence electrons. The summed E-state index contributed by atoms with van der Waals surface area (Å²) >= 11 is 17.5. The molecule has 4 amide bonds. The van der Waals surface area contributed by atoms with E-state index in [1.165, 1.54) is 6.07 Å². The van der Waals surface area contributed by atoms with Crippen molar-refractivity contribution in [2.75, 3.05) is 10.6 Å². The van der Waals surface area contributed by atoms with Gasteiger partial charge in [-0.1, -0.05) is 34.8 Å². The zero-order valence-corrected chi connectivity index (χ0v) is 16.1. The molecule has 0 heterocycles. The van der Waals surface area contributed by atoms with Crippen molar-refractivity contribution in [3.8, 4) is 0 Å². The van der Waals surface area contributed by atoms with Crippen LogP contribution in [0.3, 0.4) is 0 Å². The van der Waals surface area contributed by atoms with Gasteiger partial charge in [0, 0.05) is 28.6 Å². The molecule has 0 saturated heterocycles. The molecule has 0 radical (unpaired) electrons. The van der Waals surface area contributed by atoms with Gasteiger partial charge >= 0.3 is 6.03 Å². The summed E-state index contributed by atoms with van der Waals surface area (Å²) in [6.45, 7) is 0. The second-order valence-electron chi connectivity index (χ2n) is 5.31. The Morgan fingerprint density at radius 3 is 2.04 bits per heavy atom. The maximum Gasteiger partial charge on any atom is 0.337 e. The Kier molecular flexibility index (Phi) is 7.72. The van der Waals surface area contributed by atoms with Crippen molar-refractivity contribution < 1.29 is 14.4 Å². The first kappa shape index (κ1) is 20.8. The van der Waals surface area contributed by atoms with E-state index in [4.69, 9.17) is 34.8 Å². The highest BCUT2D eigenvalue weighted by Gasteiger charge is 2.10. The van der Waals surface area contributed by atoms with Crippen LogP contribution in [-0.4, -0.2) is 17.8 Å². The molecule has 4 N–H and O–H groups in total. The van der Waals surface area contributed by atoms with Gasteiger partial charge in [0.15, 0.2) is 0 Å². The van der Waals surface area contributed by atoms with Gasteiger partial charge < -0.3 is 10.6 Å². The fourth-order valence-corrected chi connectivity index (χ4v) is 2.50. The van der Waals surface area contributed by atoms with Gasteiger partial charge in [-0.3, -0.25) is 15.0 Å². The van der Waals surface area contributed by atoms with Gasteiger partial charge in [-0.2, -0.15) is 0 Å². The van der Waals surface area contributed by atoms with Crippen LogP contribution < -0.4 is 21.5 Å². The molecule has 0 aliphatic rings. The number of anilines is 2. The normalized spacial score (nSPS) is 10.0. The van der Waals surface area contributed by atoms with Crippen molar-refractivity contribution in [2.45, 2.75) is 12.8 Å². The Bertz CT molecular complexity index is 844. The average molecular weight is 430 g/mol. The molecular weight excluding hydrogens is 415 g/mol. The summed E-state index contributed by atoms with van der Waals surface area (Å²) in [6.07, 6.45) is -0.219. The summed E-state index contributed by atoms with van der Waals surface area (Å²) in [6, 6.07) is 10.4. The molecule has 2 aromatic rings. The molecule has 0 aliphatic carbocycles. The van der Waals surface area contributed by atoms with Crippen molar-refractivity contribution in [3.63, 3.8) is 0 Å². The van der Waals surface area contributed by atoms with Crippen molar-refractivity contribution in [2.24, 2.45) is 0 Å². The SMILES string of the molecule is O=C(CCC(=O)Nc1ccc(Cl)cc1Cl)NNC(=O)Nc1ccc(Cl)cc1. The van der Waals surface area contributed by atoms with Crippen molar-refractivity contribution in [3.05, 3.63) is 57.5 Å². The van der Waals surface area contributed by atoms with E-state index in [0.717, 1.165) is 0 Å². The van der Waals surface area contributed by atoms with Crippen LogP contribution in [0, 0.1) is 0 Å². The number of halogens is 3. The molecule has 10 heteroatoms. The lowest BCUT2D eigenvalue weighted by Crippen LogP contribution is -2.44. The van der Waals surface area contributed by atoms with Gasteiger partial charge in [0.25, 0.3) is 0 Å². The molecule has 0 bridgehead atoms. The topological polar surface area (TPSA) is 99.3 Å². The highest BCUT2D eigenvalue weighted by molar-refractivity contribution is 6.36. The number of amides is 4. The fraction of sp³-hybridized carbons (Fsp3) is 0.118. The summed E-state index contributed by atoms with van der Waals surface area (Å²) in [4.78, 5) is 35.3. The van der Waals surface area contributed by atoms with Crippen LogP contribution >= 0.6 is 34.8 Å². The highest BCUT2D eigenvalue weighted by Crippen LogP contribution is 2.25. The number of benzene rings is 2. The molecule has 0 aliphatic heterocycles. The molecule has 0 aromatic heterocycles. The number of urea groups is 1. The first-order valence-corrected chi connectivity index (χ1v) is 8.83. The van der Waals surface area contributed by atoms with Crippen molar-refractivity contribution in [1.29, 1.82) is 0 Å². The number of nitrogens with one attached hydrogen (secondary N) is 4. The van der Waals surface area contributed by atoms with E-state index in [2.05, 4.69) is 21.5 Å². The van der Waals surface area contributed by atoms with Crippen LogP contribution in [0.4, 0.5) is 16.2 Å². The summed E-state index contributed by atoms with van der Waals surface area (Å²) in [5.41, 5.74) is 5.29. The molecule has 7 nitrogen and oxygen atoms in total. The minimum absolute atomic E-state index is 0.0920. The zero-order valence-electron chi connectivity index (χ0n) is 13.8. The third kappa shape index (κ3) is 7.34. The molecule has 0 atom stereocenters. The van der Waals surface area contributed by atoms with Gasteiger partial charge in [-0.25, -0.2) is 10.2 Å². The van der Waals surface area contributed by atoms with Crippen molar-refractivity contribution >= 4 is 64.0 Å². The Labute approximate surface area is 170 Å². The van der Waals surface area contributed by atoms with E-state index in [9.17, 15) is 14.4 Å². The van der Waals surface area contributed by atoms with Gasteiger partial charge in [0.1, 0.15) is 0 Å². The Hall–Kier alpha value is -2.48. The second kappa shape index (κ2) is 10.0.